The molecule has 0 radical (unpaired) electrons. The highest BCUT2D eigenvalue weighted by Crippen LogP contribution is 2.36. The number of β-amino-alcohol motifs (C(OH)–C–C–N with tert-alkyl or cyclic N) is 1. The normalized spacial score (nSPS) is 20.1. The number of nitrogens with zero attached hydrogens (tertiary/aromatic N) is 2. The molecule has 1 atom stereocenters. The third kappa shape index (κ3) is 1.96. The topological polar surface area (TPSA) is 66.6 Å². The van der Waals surface area contributed by atoms with Gasteiger partial charge >= 0.3 is 5.69 Å². The van der Waals surface area contributed by atoms with Crippen molar-refractivity contribution in [3.8, 4) is 0 Å². The number of nitro groups is 1. The van der Waals surface area contributed by atoms with Gasteiger partial charge in [0, 0.05) is 13.1 Å². The molecule has 1 saturated heterocycles. The Bertz CT molecular complexity index is 425. The van der Waals surface area contributed by atoms with Crippen LogP contribution in [0, 0.1) is 10.1 Å². The summed E-state index contributed by atoms with van der Waals surface area (Å²) in [5, 5.41) is 20.5. The Morgan fingerprint density at radius 1 is 1.56 bits per heavy atom. The fourth-order valence-electron chi connectivity index (χ4n) is 1.90. The fourth-order valence-corrected chi connectivity index (χ4v) is 2.14. The molecule has 0 saturated carbocycles. The highest BCUT2D eigenvalue weighted by molar-refractivity contribution is 6.33. The van der Waals surface area contributed by atoms with E-state index >= 15 is 0 Å². The zero-order valence-corrected chi connectivity index (χ0v) is 9.22. The second kappa shape index (κ2) is 4.27. The molecule has 1 heterocycles. The molecule has 0 aliphatic carbocycles. The third-order valence-electron chi connectivity index (χ3n) is 2.65. The minimum absolute atomic E-state index is 0.0849. The Balaban J connectivity index is 2.40. The molecule has 0 unspecified atom stereocenters. The van der Waals surface area contributed by atoms with E-state index in [1.807, 2.05) is 0 Å². The van der Waals surface area contributed by atoms with Crippen molar-refractivity contribution in [2.24, 2.45) is 0 Å². The van der Waals surface area contributed by atoms with Gasteiger partial charge in [-0.15, -0.1) is 0 Å². The summed E-state index contributed by atoms with van der Waals surface area (Å²) < 4.78 is 0. The van der Waals surface area contributed by atoms with Gasteiger partial charge in [0.05, 0.1) is 11.0 Å². The zero-order valence-electron chi connectivity index (χ0n) is 8.47. The van der Waals surface area contributed by atoms with Crippen LogP contribution in [-0.2, 0) is 0 Å². The van der Waals surface area contributed by atoms with Gasteiger partial charge in [-0.3, -0.25) is 10.1 Å². The Hall–Kier alpha value is -1.33. The van der Waals surface area contributed by atoms with E-state index in [-0.39, 0.29) is 10.7 Å². The van der Waals surface area contributed by atoms with E-state index in [1.54, 1.807) is 17.0 Å². The number of anilines is 1. The maximum Gasteiger partial charge on any atom is 0.310 e. The molecule has 16 heavy (non-hydrogen) atoms. The molecule has 0 amide bonds. The van der Waals surface area contributed by atoms with E-state index < -0.39 is 11.0 Å². The van der Waals surface area contributed by atoms with E-state index in [0.29, 0.717) is 25.2 Å². The second-order valence-electron chi connectivity index (χ2n) is 3.75. The number of hydrogen-bond donors (Lipinski definition) is 1. The van der Waals surface area contributed by atoms with Gasteiger partial charge in [-0.2, -0.15) is 0 Å². The van der Waals surface area contributed by atoms with Crippen molar-refractivity contribution in [1.82, 2.24) is 0 Å². The molecule has 2 rings (SSSR count). The second-order valence-corrected chi connectivity index (χ2v) is 4.16. The molecule has 6 heteroatoms. The predicted octanol–water partition coefficient (Wildman–Crippen LogP) is 1.82. The summed E-state index contributed by atoms with van der Waals surface area (Å²) in [5.74, 6) is 0. The highest BCUT2D eigenvalue weighted by Gasteiger charge is 2.27. The number of aliphatic hydroxyl groups is 1. The SMILES string of the molecule is O=[N+]([O-])c1c(Cl)cccc1N1CC[C@H](O)C1. The Morgan fingerprint density at radius 2 is 2.31 bits per heavy atom. The van der Waals surface area contributed by atoms with Crippen LogP contribution >= 0.6 is 11.6 Å². The Morgan fingerprint density at radius 3 is 2.88 bits per heavy atom. The van der Waals surface area contributed by atoms with Gasteiger partial charge < -0.3 is 10.0 Å². The first-order chi connectivity index (χ1) is 7.59. The van der Waals surface area contributed by atoms with E-state index in [0.717, 1.165) is 0 Å². The monoisotopic (exact) mass is 242 g/mol. The predicted molar refractivity (Wildman–Crippen MR) is 60.9 cm³/mol. The number of halogens is 1. The van der Waals surface area contributed by atoms with Gasteiger partial charge in [-0.05, 0) is 18.6 Å². The highest BCUT2D eigenvalue weighted by atomic mass is 35.5. The summed E-state index contributed by atoms with van der Waals surface area (Å²) in [5.41, 5.74) is 0.396. The largest absolute Gasteiger partial charge is 0.391 e. The molecule has 0 aromatic heterocycles. The fraction of sp³-hybridized carbons (Fsp3) is 0.400. The van der Waals surface area contributed by atoms with Gasteiger partial charge in [-0.1, -0.05) is 17.7 Å². The lowest BCUT2D eigenvalue weighted by Crippen LogP contribution is -2.22. The Labute approximate surface area is 97.4 Å². The first-order valence-corrected chi connectivity index (χ1v) is 5.33. The molecule has 1 aromatic carbocycles. The van der Waals surface area contributed by atoms with E-state index in [4.69, 9.17) is 11.6 Å². The summed E-state index contributed by atoms with van der Waals surface area (Å²) in [6.45, 7) is 1.03. The maximum absolute atomic E-state index is 10.9. The van der Waals surface area contributed by atoms with Crippen molar-refractivity contribution in [1.29, 1.82) is 0 Å². The number of rotatable bonds is 2. The summed E-state index contributed by atoms with van der Waals surface area (Å²) in [7, 11) is 0. The molecular formula is C10H11ClN2O3. The summed E-state index contributed by atoms with van der Waals surface area (Å²) in [6, 6.07) is 4.83. The van der Waals surface area contributed by atoms with Crippen molar-refractivity contribution in [3.05, 3.63) is 33.3 Å². The van der Waals surface area contributed by atoms with Crippen LogP contribution in [0.25, 0.3) is 0 Å². The van der Waals surface area contributed by atoms with E-state index in [1.165, 1.54) is 6.07 Å². The van der Waals surface area contributed by atoms with Crippen LogP contribution in [0.1, 0.15) is 6.42 Å². The molecule has 0 spiro atoms. The van der Waals surface area contributed by atoms with E-state index in [2.05, 4.69) is 0 Å². The van der Waals surface area contributed by atoms with Gasteiger partial charge in [0.15, 0.2) is 0 Å². The standard InChI is InChI=1S/C10H11ClN2O3/c11-8-2-1-3-9(10(8)13(15)16)12-5-4-7(14)6-12/h1-3,7,14H,4-6H2/t7-/m0/s1. The van der Waals surface area contributed by atoms with Crippen LogP contribution in [-0.4, -0.2) is 29.2 Å². The van der Waals surface area contributed by atoms with Gasteiger partial charge in [0.2, 0.25) is 0 Å². The zero-order chi connectivity index (χ0) is 11.7. The van der Waals surface area contributed by atoms with Crippen LogP contribution in [0.15, 0.2) is 18.2 Å². The maximum atomic E-state index is 10.9. The average Bonchev–Trinajstić information content (AvgIpc) is 2.63. The van der Waals surface area contributed by atoms with Crippen LogP contribution in [0.4, 0.5) is 11.4 Å². The van der Waals surface area contributed by atoms with Crippen LogP contribution in [0.3, 0.4) is 0 Å². The van der Waals surface area contributed by atoms with Crippen molar-refractivity contribution in [2.45, 2.75) is 12.5 Å². The van der Waals surface area contributed by atoms with Gasteiger partial charge in [0.1, 0.15) is 10.7 Å². The van der Waals surface area contributed by atoms with Crippen LogP contribution in [0.2, 0.25) is 5.02 Å². The lowest BCUT2D eigenvalue weighted by molar-refractivity contribution is -0.384. The molecule has 1 aliphatic heterocycles. The van der Waals surface area contributed by atoms with Gasteiger partial charge in [0.25, 0.3) is 0 Å². The van der Waals surface area contributed by atoms with E-state index in [9.17, 15) is 15.2 Å². The summed E-state index contributed by atoms with van der Waals surface area (Å²) >= 11 is 5.81. The van der Waals surface area contributed by atoms with Crippen LogP contribution in [0.5, 0.6) is 0 Å². The van der Waals surface area contributed by atoms with Gasteiger partial charge in [-0.25, -0.2) is 0 Å². The van der Waals surface area contributed by atoms with Crippen molar-refractivity contribution in [3.63, 3.8) is 0 Å². The molecular weight excluding hydrogens is 232 g/mol. The number of hydrogen-bond acceptors (Lipinski definition) is 4. The molecule has 1 N–H and O–H groups in total. The minimum atomic E-state index is -0.484. The van der Waals surface area contributed by atoms with Crippen molar-refractivity contribution in [2.75, 3.05) is 18.0 Å². The first kappa shape index (κ1) is 11.2. The molecule has 5 nitrogen and oxygen atoms in total. The first-order valence-electron chi connectivity index (χ1n) is 4.95. The third-order valence-corrected chi connectivity index (χ3v) is 2.96. The lowest BCUT2D eigenvalue weighted by Gasteiger charge is -2.17. The summed E-state index contributed by atoms with van der Waals surface area (Å²) in [4.78, 5) is 12.2. The molecule has 1 aliphatic rings. The molecule has 1 fully saturated rings. The Kier molecular flexibility index (Phi) is 2.98. The van der Waals surface area contributed by atoms with Crippen LogP contribution < -0.4 is 4.90 Å². The van der Waals surface area contributed by atoms with Crippen molar-refractivity contribution >= 4 is 23.0 Å². The van der Waals surface area contributed by atoms with Crippen molar-refractivity contribution < 1.29 is 10.0 Å². The lowest BCUT2D eigenvalue weighted by atomic mass is 10.2. The summed E-state index contributed by atoms with van der Waals surface area (Å²) in [6.07, 6.45) is 0.211. The average molecular weight is 243 g/mol. The molecule has 86 valence electrons. The number of aliphatic hydroxyl groups excluding tert-OH is 1. The number of nitro benzene ring substituents is 1. The minimum Gasteiger partial charge on any atom is -0.391 e. The molecule has 0 bridgehead atoms. The smallest absolute Gasteiger partial charge is 0.310 e. The quantitative estimate of drug-likeness (QED) is 0.635. The molecule has 1 aromatic rings. The number of benzene rings is 1. The number of para-hydroxylation sites is 1.